The van der Waals surface area contributed by atoms with Crippen LogP contribution >= 0.6 is 0 Å². The van der Waals surface area contributed by atoms with Crippen LogP contribution in [0, 0.1) is 0 Å². The van der Waals surface area contributed by atoms with Gasteiger partial charge in [0.25, 0.3) is 10.1 Å². The van der Waals surface area contributed by atoms with Gasteiger partial charge in [-0.3, -0.25) is 4.55 Å². The van der Waals surface area contributed by atoms with Gasteiger partial charge in [0.2, 0.25) is 0 Å². The van der Waals surface area contributed by atoms with Crippen molar-refractivity contribution in [1.82, 2.24) is 0 Å². The molecule has 0 atom stereocenters. The standard InChI is InChI=1S/C22H32O3S.CH2O.Na/c1-2-3-4-5-6-7-8-9-10-11-15-20-18-17-19-14-12-13-16-21(19)22(20)26(23,24)25;1-2;/h12-14,16-18H,2-11,15H2,1H3,(H,23,24,25);1H2;. The molecule has 0 aliphatic heterocycles. The normalized spacial score (nSPS) is 10.8. The molecule has 2 aromatic carbocycles. The Morgan fingerprint density at radius 2 is 1.31 bits per heavy atom. The molecule has 0 unspecified atom stereocenters. The second kappa shape index (κ2) is 16.0. The third-order valence-corrected chi connectivity index (χ3v) is 6.02. The van der Waals surface area contributed by atoms with Crippen LogP contribution < -0.4 is 0 Å². The van der Waals surface area contributed by atoms with Crippen molar-refractivity contribution in [3.05, 3.63) is 42.0 Å². The first-order valence-electron chi connectivity index (χ1n) is 10.3. The molecule has 157 valence electrons. The Bertz CT molecular complexity index is 806. The van der Waals surface area contributed by atoms with Crippen LogP contribution in [0.25, 0.3) is 10.8 Å². The smallest absolute Gasteiger partial charge is 0.295 e. The summed E-state index contributed by atoms with van der Waals surface area (Å²) in [4.78, 5) is 8.09. The molecule has 0 heterocycles. The molecular formula is C23H34NaO4S. The van der Waals surface area contributed by atoms with Crippen LogP contribution in [0.1, 0.15) is 76.7 Å². The van der Waals surface area contributed by atoms with Crippen molar-refractivity contribution >= 4 is 57.2 Å². The van der Waals surface area contributed by atoms with Gasteiger partial charge in [-0.25, -0.2) is 0 Å². The van der Waals surface area contributed by atoms with Gasteiger partial charge >= 0.3 is 0 Å². The second-order valence-electron chi connectivity index (χ2n) is 7.18. The molecule has 1 N–H and O–H groups in total. The number of unbranched alkanes of at least 4 members (excludes halogenated alkanes) is 9. The summed E-state index contributed by atoms with van der Waals surface area (Å²) in [6.45, 7) is 4.24. The van der Waals surface area contributed by atoms with E-state index in [1.54, 1.807) is 12.1 Å². The summed E-state index contributed by atoms with van der Waals surface area (Å²) in [5, 5.41) is 1.45. The topological polar surface area (TPSA) is 71.4 Å². The number of fused-ring (bicyclic) bond motifs is 1. The molecule has 0 aromatic heterocycles. The van der Waals surface area contributed by atoms with Crippen molar-refractivity contribution in [2.24, 2.45) is 0 Å². The van der Waals surface area contributed by atoms with E-state index in [9.17, 15) is 13.0 Å². The van der Waals surface area contributed by atoms with Gasteiger partial charge in [0.15, 0.2) is 0 Å². The zero-order valence-electron chi connectivity index (χ0n) is 18.0. The summed E-state index contributed by atoms with van der Waals surface area (Å²) in [5.74, 6) is 0. The van der Waals surface area contributed by atoms with Gasteiger partial charge in [-0.15, -0.1) is 0 Å². The van der Waals surface area contributed by atoms with Crippen LogP contribution in [0.5, 0.6) is 0 Å². The third kappa shape index (κ3) is 10.2. The molecule has 0 fully saturated rings. The quantitative estimate of drug-likeness (QED) is 0.256. The molecule has 2 rings (SSSR count). The molecule has 0 saturated carbocycles. The Balaban J connectivity index is 0.00000253. The average Bonchev–Trinajstić information content (AvgIpc) is 2.69. The minimum atomic E-state index is -4.22. The van der Waals surface area contributed by atoms with Crippen LogP contribution in [0.2, 0.25) is 0 Å². The van der Waals surface area contributed by atoms with Crippen LogP contribution in [0.15, 0.2) is 41.3 Å². The van der Waals surface area contributed by atoms with Gasteiger partial charge in [0.05, 0.1) is 0 Å². The molecule has 29 heavy (non-hydrogen) atoms. The van der Waals surface area contributed by atoms with Crippen molar-refractivity contribution in [2.45, 2.75) is 82.4 Å². The van der Waals surface area contributed by atoms with Gasteiger partial charge < -0.3 is 4.79 Å². The summed E-state index contributed by atoms with van der Waals surface area (Å²) in [6, 6.07) is 11.1. The Morgan fingerprint density at radius 3 is 1.86 bits per heavy atom. The molecule has 0 bridgehead atoms. The zero-order valence-corrected chi connectivity index (χ0v) is 20.8. The van der Waals surface area contributed by atoms with Crippen molar-refractivity contribution < 1.29 is 17.8 Å². The zero-order chi connectivity index (χ0) is 20.8. The molecule has 0 aliphatic carbocycles. The van der Waals surface area contributed by atoms with E-state index in [1.165, 1.54) is 51.4 Å². The van der Waals surface area contributed by atoms with Gasteiger partial charge in [0, 0.05) is 34.9 Å². The number of hydrogen-bond acceptors (Lipinski definition) is 3. The van der Waals surface area contributed by atoms with Crippen molar-refractivity contribution in [3.63, 3.8) is 0 Å². The summed E-state index contributed by atoms with van der Waals surface area (Å²) in [6.07, 6.45) is 13.2. The molecule has 0 spiro atoms. The molecule has 2 aromatic rings. The van der Waals surface area contributed by atoms with E-state index in [2.05, 4.69) is 6.92 Å². The maximum absolute atomic E-state index is 11.9. The van der Waals surface area contributed by atoms with E-state index in [0.29, 0.717) is 11.8 Å². The summed E-state index contributed by atoms with van der Waals surface area (Å²) in [5.41, 5.74) is 0.728. The van der Waals surface area contributed by atoms with E-state index in [4.69, 9.17) is 4.79 Å². The summed E-state index contributed by atoms with van der Waals surface area (Å²) < 4.78 is 33.5. The van der Waals surface area contributed by atoms with Gasteiger partial charge in [-0.1, -0.05) is 101 Å². The number of aryl methyl sites for hydroxylation is 1. The molecule has 1 radical (unpaired) electrons. The first-order valence-corrected chi connectivity index (χ1v) is 11.7. The minimum absolute atomic E-state index is 0. The van der Waals surface area contributed by atoms with Crippen LogP contribution in [0.4, 0.5) is 0 Å². The van der Waals surface area contributed by atoms with E-state index < -0.39 is 10.1 Å². The third-order valence-electron chi connectivity index (χ3n) is 5.02. The molecule has 4 nitrogen and oxygen atoms in total. The maximum Gasteiger partial charge on any atom is 0.295 e. The predicted molar refractivity (Wildman–Crippen MR) is 122 cm³/mol. The largest absolute Gasteiger partial charge is 0.307 e. The number of rotatable bonds is 12. The molecule has 0 amide bonds. The second-order valence-corrected chi connectivity index (χ2v) is 8.54. The van der Waals surface area contributed by atoms with Gasteiger partial charge in [-0.2, -0.15) is 8.42 Å². The maximum atomic E-state index is 11.9. The van der Waals surface area contributed by atoms with Crippen LogP contribution in [0.3, 0.4) is 0 Å². The van der Waals surface area contributed by atoms with Crippen LogP contribution in [-0.2, 0) is 21.3 Å². The Hall–Kier alpha value is -0.720. The fourth-order valence-corrected chi connectivity index (χ4v) is 4.56. The first kappa shape index (κ1) is 28.3. The predicted octanol–water partition coefficient (Wildman–Crippen LogP) is 5.98. The SMILES string of the molecule is C=O.CCCCCCCCCCCCc1ccc2ccccc2c1S(=O)(=O)O.[Na]. The van der Waals surface area contributed by atoms with Gasteiger partial charge in [-0.05, 0) is 23.8 Å². The fourth-order valence-electron chi connectivity index (χ4n) is 3.59. The van der Waals surface area contributed by atoms with Crippen molar-refractivity contribution in [1.29, 1.82) is 0 Å². The van der Waals surface area contributed by atoms with E-state index in [1.807, 2.05) is 31.1 Å². The van der Waals surface area contributed by atoms with Crippen LogP contribution in [-0.4, -0.2) is 49.3 Å². The minimum Gasteiger partial charge on any atom is -0.307 e. The molecule has 0 saturated heterocycles. The molecule has 0 aliphatic rings. The van der Waals surface area contributed by atoms with Crippen molar-refractivity contribution in [2.75, 3.05) is 0 Å². The van der Waals surface area contributed by atoms with E-state index in [-0.39, 0.29) is 34.5 Å². The van der Waals surface area contributed by atoms with Gasteiger partial charge in [0.1, 0.15) is 11.7 Å². The number of carbonyl (C=O) groups is 1. The Labute approximate surface area is 198 Å². The first-order chi connectivity index (χ1) is 13.5. The van der Waals surface area contributed by atoms with E-state index in [0.717, 1.165) is 23.8 Å². The number of carbonyl (C=O) groups excluding carboxylic acids is 1. The number of benzene rings is 2. The average molecular weight is 430 g/mol. The van der Waals surface area contributed by atoms with Crippen molar-refractivity contribution in [3.8, 4) is 0 Å². The molecule has 6 heteroatoms. The summed E-state index contributed by atoms with van der Waals surface area (Å²) >= 11 is 0. The Morgan fingerprint density at radius 1 is 0.793 bits per heavy atom. The van der Waals surface area contributed by atoms with E-state index >= 15 is 0 Å². The fraction of sp³-hybridized carbons (Fsp3) is 0.522. The Kier molecular flexibility index (Phi) is 15.6. The summed E-state index contributed by atoms with van der Waals surface area (Å²) in [7, 11) is -4.22. The monoisotopic (exact) mass is 429 g/mol. The molecular weight excluding hydrogens is 395 g/mol. The number of hydrogen-bond donors (Lipinski definition) is 1.